The van der Waals surface area contributed by atoms with Crippen molar-refractivity contribution in [1.82, 2.24) is 10.2 Å². The van der Waals surface area contributed by atoms with Crippen LogP contribution < -0.4 is 10.1 Å². The van der Waals surface area contributed by atoms with E-state index in [1.165, 1.54) is 0 Å². The first-order chi connectivity index (χ1) is 10.3. The predicted molar refractivity (Wildman–Crippen MR) is 87.7 cm³/mol. The van der Waals surface area contributed by atoms with Gasteiger partial charge in [0, 0.05) is 6.54 Å². The van der Waals surface area contributed by atoms with Gasteiger partial charge in [0.1, 0.15) is 11.9 Å². The molecule has 0 aliphatic carbocycles. The van der Waals surface area contributed by atoms with E-state index in [0.29, 0.717) is 6.54 Å². The van der Waals surface area contributed by atoms with Crippen LogP contribution in [0.25, 0.3) is 0 Å². The Labute approximate surface area is 131 Å². The van der Waals surface area contributed by atoms with Gasteiger partial charge in [0.15, 0.2) is 0 Å². The van der Waals surface area contributed by atoms with E-state index in [1.54, 1.807) is 0 Å². The average molecular weight is 308 g/mol. The lowest BCUT2D eigenvalue weighted by atomic mass is 10.1. The van der Waals surface area contributed by atoms with Crippen molar-refractivity contribution in [3.05, 3.63) is 29.8 Å². The minimum atomic E-state index is -0.000388. The third kappa shape index (κ3) is 4.38. The van der Waals surface area contributed by atoms with Crippen molar-refractivity contribution in [3.8, 4) is 5.75 Å². The van der Waals surface area contributed by atoms with Gasteiger partial charge in [-0.25, -0.2) is 0 Å². The molecule has 1 amide bonds. The molecule has 0 bridgehead atoms. The van der Waals surface area contributed by atoms with E-state index in [-0.39, 0.29) is 12.1 Å². The first-order valence-electron chi connectivity index (χ1n) is 7.50. The van der Waals surface area contributed by atoms with E-state index < -0.39 is 0 Å². The first-order valence-corrected chi connectivity index (χ1v) is 8.90. The maximum absolute atomic E-state index is 12.0. The highest BCUT2D eigenvalue weighted by Crippen LogP contribution is 2.24. The molecule has 4 nitrogen and oxygen atoms in total. The smallest absolute Gasteiger partial charge is 0.238 e. The molecule has 1 aromatic carbocycles. The zero-order chi connectivity index (χ0) is 15.1. The number of rotatable bonds is 8. The SMILES string of the molecule is CCCOc1ccc(C2NCC(=O)N2CCCSC)cc1. The van der Waals surface area contributed by atoms with Gasteiger partial charge >= 0.3 is 0 Å². The standard InChI is InChI=1S/C16H24N2O2S/c1-3-10-20-14-7-5-13(6-8-14)16-17-12-15(19)18(16)9-4-11-21-2/h5-8,16-17H,3-4,9-12H2,1-2H3. The Balaban J connectivity index is 1.99. The Kier molecular flexibility index (Phi) is 6.39. The summed E-state index contributed by atoms with van der Waals surface area (Å²) in [7, 11) is 0. The maximum Gasteiger partial charge on any atom is 0.238 e. The minimum absolute atomic E-state index is 0.000388. The molecular weight excluding hydrogens is 284 g/mol. The second-order valence-electron chi connectivity index (χ2n) is 5.13. The molecule has 0 saturated carbocycles. The second kappa shape index (κ2) is 8.29. The number of nitrogens with zero attached hydrogens (tertiary/aromatic N) is 1. The van der Waals surface area contributed by atoms with Crippen molar-refractivity contribution in [2.45, 2.75) is 25.9 Å². The lowest BCUT2D eigenvalue weighted by Gasteiger charge is -2.24. The summed E-state index contributed by atoms with van der Waals surface area (Å²) in [6, 6.07) is 8.05. The molecule has 1 saturated heterocycles. The zero-order valence-electron chi connectivity index (χ0n) is 12.8. The fourth-order valence-corrected chi connectivity index (χ4v) is 2.85. The lowest BCUT2D eigenvalue weighted by molar-refractivity contribution is -0.128. The van der Waals surface area contributed by atoms with Crippen molar-refractivity contribution in [3.63, 3.8) is 0 Å². The topological polar surface area (TPSA) is 41.6 Å². The molecule has 1 fully saturated rings. The summed E-state index contributed by atoms with van der Waals surface area (Å²) in [6.07, 6.45) is 4.13. The molecule has 5 heteroatoms. The predicted octanol–water partition coefficient (Wildman–Crippen LogP) is 2.66. The van der Waals surface area contributed by atoms with Crippen molar-refractivity contribution in [2.75, 3.05) is 31.7 Å². The Bertz CT molecular complexity index is 450. The van der Waals surface area contributed by atoms with Crippen molar-refractivity contribution < 1.29 is 9.53 Å². The van der Waals surface area contributed by atoms with Gasteiger partial charge in [-0.2, -0.15) is 11.8 Å². The second-order valence-corrected chi connectivity index (χ2v) is 6.12. The zero-order valence-corrected chi connectivity index (χ0v) is 13.6. The monoisotopic (exact) mass is 308 g/mol. The van der Waals surface area contributed by atoms with Crippen molar-refractivity contribution >= 4 is 17.7 Å². The summed E-state index contributed by atoms with van der Waals surface area (Å²) in [5.74, 6) is 2.16. The van der Waals surface area contributed by atoms with Gasteiger partial charge in [0.2, 0.25) is 5.91 Å². The lowest BCUT2D eigenvalue weighted by Crippen LogP contribution is -2.31. The van der Waals surface area contributed by atoms with Crippen molar-refractivity contribution in [1.29, 1.82) is 0 Å². The number of ether oxygens (including phenoxy) is 1. The molecular formula is C16H24N2O2S. The Hall–Kier alpha value is -1.20. The normalized spacial score (nSPS) is 18.3. The van der Waals surface area contributed by atoms with Crippen LogP contribution in [0.4, 0.5) is 0 Å². The Morgan fingerprint density at radius 3 is 2.81 bits per heavy atom. The molecule has 1 aliphatic rings. The average Bonchev–Trinajstić information content (AvgIpc) is 2.87. The van der Waals surface area contributed by atoms with Gasteiger partial charge in [-0.05, 0) is 42.5 Å². The largest absolute Gasteiger partial charge is 0.494 e. The Morgan fingerprint density at radius 2 is 2.14 bits per heavy atom. The third-order valence-corrected chi connectivity index (χ3v) is 4.19. The number of carbonyl (C=O) groups excluding carboxylic acids is 1. The van der Waals surface area contributed by atoms with Crippen LogP contribution in [0.15, 0.2) is 24.3 Å². The number of thioether (sulfide) groups is 1. The van der Waals surface area contributed by atoms with E-state index in [0.717, 1.165) is 43.1 Å². The molecule has 1 atom stereocenters. The molecule has 0 spiro atoms. The highest BCUT2D eigenvalue weighted by molar-refractivity contribution is 7.98. The molecule has 116 valence electrons. The quantitative estimate of drug-likeness (QED) is 0.750. The Morgan fingerprint density at radius 1 is 1.38 bits per heavy atom. The molecule has 0 radical (unpaired) electrons. The summed E-state index contributed by atoms with van der Waals surface area (Å²) in [4.78, 5) is 13.9. The van der Waals surface area contributed by atoms with Crippen LogP contribution in [-0.4, -0.2) is 42.5 Å². The van der Waals surface area contributed by atoms with E-state index in [4.69, 9.17) is 4.74 Å². The number of amides is 1. The van der Waals surface area contributed by atoms with Gasteiger partial charge in [0.25, 0.3) is 0 Å². The highest BCUT2D eigenvalue weighted by atomic mass is 32.2. The molecule has 1 aromatic rings. The van der Waals surface area contributed by atoms with E-state index in [2.05, 4.69) is 18.5 Å². The number of hydrogen-bond acceptors (Lipinski definition) is 4. The summed E-state index contributed by atoms with van der Waals surface area (Å²) >= 11 is 1.82. The van der Waals surface area contributed by atoms with Gasteiger partial charge in [0.05, 0.1) is 13.2 Å². The van der Waals surface area contributed by atoms with Crippen LogP contribution >= 0.6 is 11.8 Å². The van der Waals surface area contributed by atoms with Gasteiger partial charge < -0.3 is 9.64 Å². The maximum atomic E-state index is 12.0. The molecule has 1 heterocycles. The number of benzene rings is 1. The van der Waals surface area contributed by atoms with Crippen LogP contribution in [0.2, 0.25) is 0 Å². The van der Waals surface area contributed by atoms with Crippen LogP contribution in [0, 0.1) is 0 Å². The fraction of sp³-hybridized carbons (Fsp3) is 0.562. The van der Waals surface area contributed by atoms with E-state index in [9.17, 15) is 4.79 Å². The summed E-state index contributed by atoms with van der Waals surface area (Å²) < 4.78 is 5.60. The van der Waals surface area contributed by atoms with Crippen LogP contribution in [0.1, 0.15) is 31.5 Å². The number of nitrogens with one attached hydrogen (secondary N) is 1. The highest BCUT2D eigenvalue weighted by Gasteiger charge is 2.30. The van der Waals surface area contributed by atoms with Gasteiger partial charge in [-0.15, -0.1) is 0 Å². The fourth-order valence-electron chi connectivity index (χ4n) is 2.44. The molecule has 1 aliphatic heterocycles. The molecule has 21 heavy (non-hydrogen) atoms. The molecule has 1 N–H and O–H groups in total. The molecule has 0 aromatic heterocycles. The first kappa shape index (κ1) is 16.2. The van der Waals surface area contributed by atoms with Gasteiger partial charge in [-0.3, -0.25) is 10.1 Å². The third-order valence-electron chi connectivity index (χ3n) is 3.49. The minimum Gasteiger partial charge on any atom is -0.494 e. The molecule has 1 unspecified atom stereocenters. The summed E-state index contributed by atoms with van der Waals surface area (Å²) in [5, 5.41) is 3.29. The summed E-state index contributed by atoms with van der Waals surface area (Å²) in [5.41, 5.74) is 1.12. The molecule has 2 rings (SSSR count). The van der Waals surface area contributed by atoms with Crippen LogP contribution in [0.5, 0.6) is 5.75 Å². The van der Waals surface area contributed by atoms with Crippen molar-refractivity contribution in [2.24, 2.45) is 0 Å². The van der Waals surface area contributed by atoms with E-state index >= 15 is 0 Å². The van der Waals surface area contributed by atoms with E-state index in [1.807, 2.05) is 40.9 Å². The summed E-state index contributed by atoms with van der Waals surface area (Å²) in [6.45, 7) is 4.07. The number of carbonyl (C=O) groups is 1. The van der Waals surface area contributed by atoms with Gasteiger partial charge in [-0.1, -0.05) is 19.1 Å². The van der Waals surface area contributed by atoms with Crippen LogP contribution in [-0.2, 0) is 4.79 Å². The van der Waals surface area contributed by atoms with Crippen LogP contribution in [0.3, 0.4) is 0 Å². The number of hydrogen-bond donors (Lipinski definition) is 1.